The summed E-state index contributed by atoms with van der Waals surface area (Å²) < 4.78 is 7.40. The number of morpholine rings is 1. The summed E-state index contributed by atoms with van der Waals surface area (Å²) in [4.78, 5) is 22.0. The average molecular weight is 367 g/mol. The molecule has 1 aliphatic carbocycles. The number of aromatic nitrogens is 3. The average Bonchev–Trinajstić information content (AvgIpc) is 3.48. The van der Waals surface area contributed by atoms with Gasteiger partial charge in [0.25, 0.3) is 5.91 Å². The molecule has 5 rings (SSSR count). The van der Waals surface area contributed by atoms with Gasteiger partial charge >= 0.3 is 0 Å². The Kier molecular flexibility index (Phi) is 4.11. The van der Waals surface area contributed by atoms with Crippen LogP contribution in [0.3, 0.4) is 0 Å². The fraction of sp³-hybridized carbons (Fsp3) is 0.550. The Morgan fingerprint density at radius 3 is 2.52 bits per heavy atom. The molecule has 142 valence electrons. The quantitative estimate of drug-likeness (QED) is 0.832. The number of rotatable bonds is 3. The highest BCUT2D eigenvalue weighted by Gasteiger charge is 2.34. The van der Waals surface area contributed by atoms with Crippen molar-refractivity contribution in [3.63, 3.8) is 0 Å². The minimum Gasteiger partial charge on any atom is -0.378 e. The molecule has 7 nitrogen and oxygen atoms in total. The third-order valence-corrected chi connectivity index (χ3v) is 5.80. The van der Waals surface area contributed by atoms with Crippen molar-refractivity contribution in [3.05, 3.63) is 41.5 Å². The number of hydrogen-bond donors (Lipinski definition) is 0. The van der Waals surface area contributed by atoms with Gasteiger partial charge in [-0.2, -0.15) is 5.10 Å². The van der Waals surface area contributed by atoms with E-state index in [1.54, 1.807) is 0 Å². The summed E-state index contributed by atoms with van der Waals surface area (Å²) in [5.41, 5.74) is 1.88. The number of ether oxygens (including phenoxy) is 1. The lowest BCUT2D eigenvalue weighted by atomic mass is 10.1. The summed E-state index contributed by atoms with van der Waals surface area (Å²) in [5, 5.41) is 4.64. The number of hydrogen-bond acceptors (Lipinski definition) is 5. The van der Waals surface area contributed by atoms with Gasteiger partial charge in [0.1, 0.15) is 5.82 Å². The fourth-order valence-electron chi connectivity index (χ4n) is 3.98. The van der Waals surface area contributed by atoms with Gasteiger partial charge in [0.15, 0.2) is 5.82 Å². The molecule has 0 radical (unpaired) electrons. The van der Waals surface area contributed by atoms with Gasteiger partial charge in [-0.3, -0.25) is 4.79 Å². The van der Waals surface area contributed by atoms with Gasteiger partial charge in [-0.15, -0.1) is 0 Å². The van der Waals surface area contributed by atoms with E-state index in [1.165, 1.54) is 12.8 Å². The van der Waals surface area contributed by atoms with Gasteiger partial charge in [0.2, 0.25) is 0 Å². The second-order valence-electron chi connectivity index (χ2n) is 7.65. The van der Waals surface area contributed by atoms with E-state index in [0.717, 1.165) is 55.7 Å². The lowest BCUT2D eigenvalue weighted by Crippen LogP contribution is -2.41. The van der Waals surface area contributed by atoms with Crippen LogP contribution in [-0.2, 0) is 11.3 Å². The Hall–Kier alpha value is -2.41. The summed E-state index contributed by atoms with van der Waals surface area (Å²) in [6, 6.07) is 7.91. The molecule has 1 aromatic heterocycles. The molecule has 0 spiro atoms. The molecule has 2 aliphatic heterocycles. The second kappa shape index (κ2) is 6.64. The molecule has 7 heteroatoms. The lowest BCUT2D eigenvalue weighted by molar-refractivity contribution is 0.0630. The molecule has 1 amide bonds. The Morgan fingerprint density at radius 2 is 1.81 bits per heavy atom. The summed E-state index contributed by atoms with van der Waals surface area (Å²) in [6.07, 6.45) is 2.38. The standard InChI is InChI=1S/C20H25N5O2/c1-14-19-21-18(15-2-3-15)22-25(19)9-8-24(14)20(26)16-4-6-17(7-5-16)23-10-12-27-13-11-23/h4-7,14-15H,2-3,8-13H2,1H3/t14-/m1/s1. The van der Waals surface area contributed by atoms with Crippen LogP contribution in [0.5, 0.6) is 0 Å². The Balaban J connectivity index is 1.32. The van der Waals surface area contributed by atoms with Crippen LogP contribution < -0.4 is 4.90 Å². The first kappa shape index (κ1) is 16.7. The molecule has 2 aromatic rings. The smallest absolute Gasteiger partial charge is 0.254 e. The number of carbonyl (C=O) groups excluding carboxylic acids is 1. The number of anilines is 1. The van der Waals surface area contributed by atoms with Crippen LogP contribution in [0.15, 0.2) is 24.3 Å². The lowest BCUT2D eigenvalue weighted by Gasteiger charge is -2.33. The zero-order valence-electron chi connectivity index (χ0n) is 15.7. The minimum atomic E-state index is -0.0508. The zero-order valence-corrected chi connectivity index (χ0v) is 15.7. The van der Waals surface area contributed by atoms with Crippen LogP contribution in [0.1, 0.15) is 53.7 Å². The van der Waals surface area contributed by atoms with Gasteiger partial charge in [0.05, 0.1) is 25.8 Å². The van der Waals surface area contributed by atoms with Crippen molar-refractivity contribution >= 4 is 11.6 Å². The highest BCUT2D eigenvalue weighted by atomic mass is 16.5. The van der Waals surface area contributed by atoms with Crippen molar-refractivity contribution in [2.45, 2.75) is 38.3 Å². The predicted octanol–water partition coefficient (Wildman–Crippen LogP) is 2.21. The largest absolute Gasteiger partial charge is 0.378 e. The zero-order chi connectivity index (χ0) is 18.4. The first-order valence-corrected chi connectivity index (χ1v) is 9.89. The van der Waals surface area contributed by atoms with Gasteiger partial charge < -0.3 is 14.5 Å². The molecule has 0 N–H and O–H groups in total. The molecular formula is C20H25N5O2. The van der Waals surface area contributed by atoms with Crippen molar-refractivity contribution in [1.29, 1.82) is 0 Å². The van der Waals surface area contributed by atoms with Crippen molar-refractivity contribution < 1.29 is 9.53 Å². The first-order chi connectivity index (χ1) is 13.2. The molecular weight excluding hydrogens is 342 g/mol. The van der Waals surface area contributed by atoms with Crippen LogP contribution in [0, 0.1) is 0 Å². The molecule has 1 saturated carbocycles. The summed E-state index contributed by atoms with van der Waals surface area (Å²) in [7, 11) is 0. The van der Waals surface area contributed by atoms with Gasteiger partial charge in [-0.05, 0) is 44.0 Å². The first-order valence-electron chi connectivity index (χ1n) is 9.89. The topological polar surface area (TPSA) is 63.5 Å². The van der Waals surface area contributed by atoms with E-state index in [1.807, 2.05) is 33.8 Å². The van der Waals surface area contributed by atoms with E-state index in [2.05, 4.69) is 16.9 Å². The van der Waals surface area contributed by atoms with Crippen LogP contribution in [0.2, 0.25) is 0 Å². The monoisotopic (exact) mass is 367 g/mol. The second-order valence-corrected chi connectivity index (χ2v) is 7.65. The van der Waals surface area contributed by atoms with Gasteiger partial charge in [0, 0.05) is 36.8 Å². The molecule has 1 aromatic carbocycles. The summed E-state index contributed by atoms with van der Waals surface area (Å²) >= 11 is 0. The fourth-order valence-corrected chi connectivity index (χ4v) is 3.98. The van der Waals surface area contributed by atoms with Crippen molar-refractivity contribution in [2.75, 3.05) is 37.7 Å². The predicted molar refractivity (Wildman–Crippen MR) is 101 cm³/mol. The van der Waals surface area contributed by atoms with Gasteiger partial charge in [-0.25, -0.2) is 9.67 Å². The third kappa shape index (κ3) is 3.10. The van der Waals surface area contributed by atoms with E-state index >= 15 is 0 Å². The van der Waals surface area contributed by atoms with E-state index in [4.69, 9.17) is 9.72 Å². The number of benzene rings is 1. The minimum absolute atomic E-state index is 0.0508. The van der Waals surface area contributed by atoms with E-state index in [9.17, 15) is 4.79 Å². The third-order valence-electron chi connectivity index (χ3n) is 5.80. The number of amides is 1. The Morgan fingerprint density at radius 1 is 1.07 bits per heavy atom. The van der Waals surface area contributed by atoms with Crippen LogP contribution in [0.4, 0.5) is 5.69 Å². The SMILES string of the molecule is C[C@@H]1c2nc(C3CC3)nn2CCN1C(=O)c1ccc(N2CCOCC2)cc1. The van der Waals surface area contributed by atoms with Gasteiger partial charge in [-0.1, -0.05) is 0 Å². The van der Waals surface area contributed by atoms with E-state index < -0.39 is 0 Å². The maximum atomic E-state index is 13.1. The maximum absolute atomic E-state index is 13.1. The Bertz CT molecular complexity index is 837. The molecule has 27 heavy (non-hydrogen) atoms. The molecule has 0 bridgehead atoms. The molecule has 2 fully saturated rings. The highest BCUT2D eigenvalue weighted by molar-refractivity contribution is 5.94. The van der Waals surface area contributed by atoms with Crippen LogP contribution in [-0.4, -0.2) is 58.4 Å². The van der Waals surface area contributed by atoms with Crippen molar-refractivity contribution in [3.8, 4) is 0 Å². The maximum Gasteiger partial charge on any atom is 0.254 e. The molecule has 1 saturated heterocycles. The Labute approximate surface area is 158 Å². The van der Waals surface area contributed by atoms with E-state index in [0.29, 0.717) is 12.5 Å². The molecule has 1 atom stereocenters. The number of carbonyl (C=O) groups is 1. The van der Waals surface area contributed by atoms with Crippen molar-refractivity contribution in [1.82, 2.24) is 19.7 Å². The van der Waals surface area contributed by atoms with Crippen LogP contribution in [0.25, 0.3) is 0 Å². The molecule has 3 heterocycles. The normalized spacial score (nSPS) is 22.6. The highest BCUT2D eigenvalue weighted by Crippen LogP contribution is 2.39. The summed E-state index contributed by atoms with van der Waals surface area (Å²) in [5.74, 6) is 2.48. The molecule has 3 aliphatic rings. The van der Waals surface area contributed by atoms with Crippen molar-refractivity contribution in [2.24, 2.45) is 0 Å². The van der Waals surface area contributed by atoms with E-state index in [-0.39, 0.29) is 11.9 Å². The van der Waals surface area contributed by atoms with Crippen LogP contribution >= 0.6 is 0 Å². The molecule has 0 unspecified atom stereocenters. The number of nitrogens with zero attached hydrogens (tertiary/aromatic N) is 5. The summed E-state index contributed by atoms with van der Waals surface area (Å²) in [6.45, 7) is 6.76. The number of fused-ring (bicyclic) bond motifs is 1.